The average Bonchev–Trinajstić information content (AvgIpc) is 3.57. The van der Waals surface area contributed by atoms with Gasteiger partial charge in [-0.15, -0.1) is 23.2 Å². The molecular formula is C42H28Cl2F6N2O7. The van der Waals surface area contributed by atoms with E-state index in [9.17, 15) is 37.5 Å². The second kappa shape index (κ2) is 14.2. The van der Waals surface area contributed by atoms with Gasteiger partial charge in [0.05, 0.1) is 31.7 Å². The third kappa shape index (κ3) is 5.68. The zero-order chi connectivity index (χ0) is 42.5. The van der Waals surface area contributed by atoms with E-state index in [4.69, 9.17) is 32.7 Å². The number of halogens is 8. The Hall–Kier alpha value is -5.80. The maximum Gasteiger partial charge on any atom is 0.258 e. The lowest BCUT2D eigenvalue weighted by Crippen LogP contribution is -2.60. The fraction of sp³-hybridized carbons (Fsp3) is 0.238. The van der Waals surface area contributed by atoms with Crippen LogP contribution in [0.1, 0.15) is 35.4 Å². The topological polar surface area (TPSA) is 113 Å². The van der Waals surface area contributed by atoms with Gasteiger partial charge in [0, 0.05) is 11.5 Å². The normalized spacial score (nSPS) is 26.3. The molecule has 0 aromatic heterocycles. The van der Waals surface area contributed by atoms with Crippen LogP contribution in [0.2, 0.25) is 0 Å². The predicted molar refractivity (Wildman–Crippen MR) is 202 cm³/mol. The molecule has 0 radical (unpaired) electrons. The summed E-state index contributed by atoms with van der Waals surface area (Å²) in [5, 5.41) is 10.00. The van der Waals surface area contributed by atoms with Crippen LogP contribution in [0, 0.1) is 52.7 Å². The number of rotatable bonds is 7. The molecule has 4 aliphatic rings. The summed E-state index contributed by atoms with van der Waals surface area (Å²) in [4.78, 5) is 52.3. The van der Waals surface area contributed by atoms with E-state index in [-0.39, 0.29) is 28.1 Å². The molecule has 6 atom stereocenters. The number of benzene rings is 4. The number of carbonyl (C=O) groups excluding carboxylic acids is 4. The molecule has 59 heavy (non-hydrogen) atoms. The van der Waals surface area contributed by atoms with Gasteiger partial charge in [0.1, 0.15) is 17.2 Å². The first-order chi connectivity index (χ1) is 28.0. The summed E-state index contributed by atoms with van der Waals surface area (Å²) in [7, 11) is 3.05. The molecule has 304 valence electrons. The first kappa shape index (κ1) is 40.0. The van der Waals surface area contributed by atoms with E-state index >= 15 is 13.2 Å². The first-order valence-electron chi connectivity index (χ1n) is 17.8. The number of phenols is 1. The highest BCUT2D eigenvalue weighted by atomic mass is 35.5. The maximum atomic E-state index is 15.3. The van der Waals surface area contributed by atoms with Crippen molar-refractivity contribution in [2.24, 2.45) is 17.8 Å². The van der Waals surface area contributed by atoms with Crippen molar-refractivity contribution >= 4 is 70.4 Å². The van der Waals surface area contributed by atoms with Gasteiger partial charge in [-0.3, -0.25) is 24.1 Å². The van der Waals surface area contributed by atoms with Crippen LogP contribution in [0.25, 0.3) is 12.2 Å². The molecule has 1 saturated carbocycles. The minimum absolute atomic E-state index is 0.121. The Morgan fingerprint density at radius 2 is 1.41 bits per heavy atom. The van der Waals surface area contributed by atoms with E-state index in [2.05, 4.69) is 0 Å². The van der Waals surface area contributed by atoms with Crippen LogP contribution in [0.3, 0.4) is 0 Å². The molecule has 2 aliphatic carbocycles. The molecule has 4 aromatic rings. The van der Waals surface area contributed by atoms with Gasteiger partial charge in [0.25, 0.3) is 11.8 Å². The Labute approximate surface area is 341 Å². The molecule has 2 heterocycles. The first-order valence-corrected chi connectivity index (χ1v) is 18.6. The summed E-state index contributed by atoms with van der Waals surface area (Å²) in [5.74, 6) is -23.4. The second-order valence-corrected chi connectivity index (χ2v) is 15.7. The number of ether oxygens (including phenoxy) is 2. The number of amides is 4. The van der Waals surface area contributed by atoms with Crippen molar-refractivity contribution in [3.8, 4) is 17.2 Å². The largest absolute Gasteiger partial charge is 0.505 e. The van der Waals surface area contributed by atoms with Gasteiger partial charge in [-0.1, -0.05) is 42.0 Å². The molecular weight excluding hydrogens is 829 g/mol. The van der Waals surface area contributed by atoms with Crippen LogP contribution in [0.4, 0.5) is 37.7 Å². The SMILES string of the molecule is COc1ccc(OC)c(C=Cc2ccc(N3C(=O)C4CC=C5C(CC6(Cl)C(=O)N(c7c(F)c(F)c(F)c(F)c7F)C(=O)C6(Cl)C5c5ccc(O)c(F)c5)C4C3=O)cc2)c1. The minimum Gasteiger partial charge on any atom is -0.505 e. The third-order valence-electron chi connectivity index (χ3n) is 11.6. The quantitative estimate of drug-likeness (QED) is 0.0380. The summed E-state index contributed by atoms with van der Waals surface area (Å²) in [6, 6.07) is 14.5. The fourth-order valence-corrected chi connectivity index (χ4v) is 9.72. The number of aromatic hydroxyl groups is 1. The molecule has 2 saturated heterocycles. The molecule has 3 fully saturated rings. The number of allylic oxidation sites excluding steroid dienone is 2. The Morgan fingerprint density at radius 3 is 2.03 bits per heavy atom. The zero-order valence-electron chi connectivity index (χ0n) is 30.5. The van der Waals surface area contributed by atoms with Gasteiger partial charge in [0.15, 0.2) is 44.6 Å². The molecule has 17 heteroatoms. The highest BCUT2D eigenvalue weighted by Crippen LogP contribution is 2.66. The summed E-state index contributed by atoms with van der Waals surface area (Å²) < 4.78 is 99.4. The summed E-state index contributed by atoms with van der Waals surface area (Å²) in [6.07, 6.45) is 4.18. The van der Waals surface area contributed by atoms with E-state index in [1.54, 1.807) is 54.6 Å². The fourth-order valence-electron chi connectivity index (χ4n) is 8.79. The molecule has 0 bridgehead atoms. The van der Waals surface area contributed by atoms with E-state index in [0.717, 1.165) is 23.1 Å². The molecule has 2 aliphatic heterocycles. The average molecular weight is 858 g/mol. The molecule has 9 nitrogen and oxygen atoms in total. The van der Waals surface area contributed by atoms with Gasteiger partial charge in [-0.25, -0.2) is 31.2 Å². The lowest BCUT2D eigenvalue weighted by Gasteiger charge is -2.50. The number of hydrogen-bond donors (Lipinski definition) is 1. The van der Waals surface area contributed by atoms with Gasteiger partial charge in [-0.2, -0.15) is 0 Å². The molecule has 0 spiro atoms. The summed E-state index contributed by atoms with van der Waals surface area (Å²) >= 11 is 14.2. The summed E-state index contributed by atoms with van der Waals surface area (Å²) in [5.41, 5.74) is -0.420. The van der Waals surface area contributed by atoms with Crippen molar-refractivity contribution < 1.29 is 60.1 Å². The van der Waals surface area contributed by atoms with Crippen molar-refractivity contribution in [3.05, 3.63) is 124 Å². The molecule has 4 amide bonds. The molecule has 6 unspecified atom stereocenters. The highest BCUT2D eigenvalue weighted by Gasteiger charge is 2.77. The van der Waals surface area contributed by atoms with Crippen molar-refractivity contribution in [3.63, 3.8) is 0 Å². The summed E-state index contributed by atoms with van der Waals surface area (Å²) in [6.45, 7) is 0. The Kier molecular flexibility index (Phi) is 9.62. The van der Waals surface area contributed by atoms with E-state index in [1.807, 2.05) is 0 Å². The number of phenolic OH excluding ortho intramolecular Hbond substituents is 1. The van der Waals surface area contributed by atoms with E-state index in [1.165, 1.54) is 20.3 Å². The van der Waals surface area contributed by atoms with Crippen molar-refractivity contribution in [1.29, 1.82) is 0 Å². The van der Waals surface area contributed by atoms with Gasteiger partial charge < -0.3 is 14.6 Å². The maximum absolute atomic E-state index is 15.3. The van der Waals surface area contributed by atoms with Gasteiger partial charge in [-0.05, 0) is 72.4 Å². The third-order valence-corrected chi connectivity index (χ3v) is 13.0. The van der Waals surface area contributed by atoms with Crippen molar-refractivity contribution in [1.82, 2.24) is 0 Å². The van der Waals surface area contributed by atoms with E-state index < -0.39 is 110 Å². The highest BCUT2D eigenvalue weighted by molar-refractivity contribution is 6.58. The lowest BCUT2D eigenvalue weighted by atomic mass is 9.56. The van der Waals surface area contributed by atoms with Crippen molar-refractivity contribution in [2.75, 3.05) is 24.0 Å². The smallest absolute Gasteiger partial charge is 0.258 e. The zero-order valence-corrected chi connectivity index (χ0v) is 32.1. The minimum atomic E-state index is -2.84. The number of alkyl halides is 2. The number of hydrogen-bond acceptors (Lipinski definition) is 7. The van der Waals surface area contributed by atoms with Crippen LogP contribution in [0.5, 0.6) is 17.2 Å². The lowest BCUT2D eigenvalue weighted by molar-refractivity contribution is -0.125. The van der Waals surface area contributed by atoms with Crippen molar-refractivity contribution in [2.45, 2.75) is 28.5 Å². The number of anilines is 2. The van der Waals surface area contributed by atoms with Crippen LogP contribution in [0.15, 0.2) is 72.3 Å². The Morgan fingerprint density at radius 1 is 0.746 bits per heavy atom. The standard InChI is InChI=1S/C42H28Cl2F6N2O7/c1-58-22-10-14-28(59-2)19(15-22)6-3-18-4-8-21(9-5-18)51-37(54)24-12-11-23-25(29(24)38(51)55)17-41(43)39(56)52(36-34(49)32(47)31(46)33(48)35(36)50)40(57)42(41,44)30(23)20-7-13-27(53)26(45)16-20/h3-11,13-16,24-25,29-30,53H,12,17H2,1-2H3. The number of carbonyl (C=O) groups is 4. The predicted octanol–water partition coefficient (Wildman–Crippen LogP) is 8.18. The van der Waals surface area contributed by atoms with Crippen LogP contribution in [-0.4, -0.2) is 52.7 Å². The Balaban J connectivity index is 1.19. The van der Waals surface area contributed by atoms with Gasteiger partial charge in [0.2, 0.25) is 17.6 Å². The van der Waals surface area contributed by atoms with Crippen LogP contribution in [-0.2, 0) is 19.2 Å². The monoisotopic (exact) mass is 856 g/mol. The molecule has 8 rings (SSSR count). The second-order valence-electron chi connectivity index (χ2n) is 14.4. The van der Waals surface area contributed by atoms with Gasteiger partial charge >= 0.3 is 0 Å². The number of fused-ring (bicyclic) bond motifs is 4. The number of imide groups is 2. The number of nitrogens with zero attached hydrogens (tertiary/aromatic N) is 2. The molecule has 1 N–H and O–H groups in total. The Bertz CT molecular complexity index is 2560. The van der Waals surface area contributed by atoms with Crippen LogP contribution < -0.4 is 19.3 Å². The van der Waals surface area contributed by atoms with E-state index in [0.29, 0.717) is 22.6 Å². The van der Waals surface area contributed by atoms with Crippen LogP contribution >= 0.6 is 23.2 Å². The number of methoxy groups -OCH3 is 2. The molecule has 4 aromatic carbocycles.